The van der Waals surface area contributed by atoms with Crippen molar-refractivity contribution in [2.24, 2.45) is 0 Å². The Morgan fingerprint density at radius 3 is 2.19 bits per heavy atom. The molecule has 0 amide bonds. The zero-order valence-corrected chi connectivity index (χ0v) is 12.5. The molecular formula is C15H17FN2O2S. The smallest absolute Gasteiger partial charge is 0.240 e. The normalized spacial score (nSPS) is 11.3. The van der Waals surface area contributed by atoms with Gasteiger partial charge in [-0.3, -0.25) is 0 Å². The summed E-state index contributed by atoms with van der Waals surface area (Å²) in [6.45, 7) is 0.684. The lowest BCUT2D eigenvalue weighted by Gasteiger charge is -2.08. The highest BCUT2D eigenvalue weighted by molar-refractivity contribution is 7.89. The van der Waals surface area contributed by atoms with E-state index >= 15 is 0 Å². The Kier molecular flexibility index (Phi) is 4.93. The van der Waals surface area contributed by atoms with E-state index in [1.54, 1.807) is 36.4 Å². The van der Waals surface area contributed by atoms with Crippen molar-refractivity contribution in [3.63, 3.8) is 0 Å². The van der Waals surface area contributed by atoms with Crippen LogP contribution >= 0.6 is 0 Å². The number of hydrogen-bond donors (Lipinski definition) is 2. The number of nitrogens with one attached hydrogen (secondary N) is 2. The molecule has 112 valence electrons. The molecule has 2 aromatic rings. The summed E-state index contributed by atoms with van der Waals surface area (Å²) < 4.78 is 38.2. The molecule has 0 unspecified atom stereocenters. The molecule has 0 radical (unpaired) electrons. The standard InChI is InChI=1S/C15H17FN2O2S/c1-17-21(19,20)15-8-6-14(7-9-15)18-11-10-12-2-4-13(16)5-3-12/h2-9,17-18H,10-11H2,1H3. The van der Waals surface area contributed by atoms with Gasteiger partial charge in [-0.1, -0.05) is 12.1 Å². The molecule has 0 saturated carbocycles. The van der Waals surface area contributed by atoms with Crippen molar-refractivity contribution in [1.29, 1.82) is 0 Å². The number of hydrogen-bond acceptors (Lipinski definition) is 3. The van der Waals surface area contributed by atoms with Crippen molar-refractivity contribution in [3.8, 4) is 0 Å². The second kappa shape index (κ2) is 6.69. The summed E-state index contributed by atoms with van der Waals surface area (Å²) in [4.78, 5) is 0.231. The van der Waals surface area contributed by atoms with Gasteiger partial charge in [-0.05, 0) is 55.4 Å². The highest BCUT2D eigenvalue weighted by Gasteiger charge is 2.09. The first-order valence-electron chi connectivity index (χ1n) is 6.53. The predicted molar refractivity (Wildman–Crippen MR) is 81.3 cm³/mol. The van der Waals surface area contributed by atoms with Crippen molar-refractivity contribution < 1.29 is 12.8 Å². The molecule has 6 heteroatoms. The fraction of sp³-hybridized carbons (Fsp3) is 0.200. The molecule has 2 aromatic carbocycles. The van der Waals surface area contributed by atoms with E-state index < -0.39 is 10.0 Å². The third kappa shape index (κ3) is 4.27. The largest absolute Gasteiger partial charge is 0.385 e. The Morgan fingerprint density at radius 2 is 1.62 bits per heavy atom. The van der Waals surface area contributed by atoms with E-state index in [-0.39, 0.29) is 10.7 Å². The summed E-state index contributed by atoms with van der Waals surface area (Å²) in [7, 11) is -2.02. The molecule has 0 aliphatic rings. The number of benzene rings is 2. The van der Waals surface area contributed by atoms with Gasteiger partial charge in [0.2, 0.25) is 10.0 Å². The third-order valence-electron chi connectivity index (χ3n) is 3.09. The van der Waals surface area contributed by atoms with Crippen molar-refractivity contribution in [2.45, 2.75) is 11.3 Å². The molecule has 0 atom stereocenters. The second-order valence-corrected chi connectivity index (χ2v) is 6.42. The van der Waals surface area contributed by atoms with Crippen molar-refractivity contribution in [1.82, 2.24) is 4.72 Å². The summed E-state index contributed by atoms with van der Waals surface area (Å²) in [5.41, 5.74) is 1.88. The van der Waals surface area contributed by atoms with E-state index in [0.29, 0.717) is 6.54 Å². The SMILES string of the molecule is CNS(=O)(=O)c1ccc(NCCc2ccc(F)cc2)cc1. The molecule has 21 heavy (non-hydrogen) atoms. The first-order chi connectivity index (χ1) is 10.0. The molecule has 2 N–H and O–H groups in total. The van der Waals surface area contributed by atoms with E-state index in [4.69, 9.17) is 0 Å². The summed E-state index contributed by atoms with van der Waals surface area (Å²) in [6, 6.07) is 12.9. The second-order valence-electron chi connectivity index (χ2n) is 4.54. The highest BCUT2D eigenvalue weighted by Crippen LogP contribution is 2.13. The number of rotatable bonds is 6. The van der Waals surface area contributed by atoms with Crippen LogP contribution in [0.3, 0.4) is 0 Å². The van der Waals surface area contributed by atoms with Crippen molar-refractivity contribution in [3.05, 3.63) is 59.9 Å². The molecule has 2 rings (SSSR count). The summed E-state index contributed by atoms with van der Waals surface area (Å²) in [5.74, 6) is -0.243. The van der Waals surface area contributed by atoms with Gasteiger partial charge in [-0.2, -0.15) is 0 Å². The van der Waals surface area contributed by atoms with Crippen LogP contribution in [0.4, 0.5) is 10.1 Å². The Labute approximate surface area is 124 Å². The zero-order valence-electron chi connectivity index (χ0n) is 11.6. The van der Waals surface area contributed by atoms with Crippen molar-refractivity contribution >= 4 is 15.7 Å². The van der Waals surface area contributed by atoms with Gasteiger partial charge in [0.1, 0.15) is 5.82 Å². The van der Waals surface area contributed by atoms with Gasteiger partial charge in [-0.25, -0.2) is 17.5 Å². The van der Waals surface area contributed by atoms with Crippen LogP contribution in [0.5, 0.6) is 0 Å². The van der Waals surface area contributed by atoms with E-state index in [1.165, 1.54) is 19.2 Å². The fourth-order valence-corrected chi connectivity index (χ4v) is 2.60. The molecule has 0 aliphatic carbocycles. The van der Waals surface area contributed by atoms with Gasteiger partial charge >= 0.3 is 0 Å². The molecule has 4 nitrogen and oxygen atoms in total. The Morgan fingerprint density at radius 1 is 1.00 bits per heavy atom. The minimum absolute atomic E-state index is 0.231. The highest BCUT2D eigenvalue weighted by atomic mass is 32.2. The maximum Gasteiger partial charge on any atom is 0.240 e. The molecule has 0 spiro atoms. The molecule has 0 aliphatic heterocycles. The van der Waals surface area contributed by atoms with Crippen LogP contribution in [0, 0.1) is 5.82 Å². The van der Waals surface area contributed by atoms with E-state index in [9.17, 15) is 12.8 Å². The number of anilines is 1. The van der Waals surface area contributed by atoms with Crippen LogP contribution in [0.2, 0.25) is 0 Å². The van der Waals surface area contributed by atoms with Crippen LogP contribution in [0.1, 0.15) is 5.56 Å². The van der Waals surface area contributed by atoms with E-state index in [0.717, 1.165) is 17.7 Å². The van der Waals surface area contributed by atoms with Gasteiger partial charge < -0.3 is 5.32 Å². The number of sulfonamides is 1. The maximum atomic E-state index is 12.8. The van der Waals surface area contributed by atoms with Crippen molar-refractivity contribution in [2.75, 3.05) is 18.9 Å². The van der Waals surface area contributed by atoms with Crippen LogP contribution in [0.15, 0.2) is 53.4 Å². The van der Waals surface area contributed by atoms with Crippen LogP contribution < -0.4 is 10.0 Å². The minimum atomic E-state index is -3.40. The lowest BCUT2D eigenvalue weighted by atomic mass is 10.1. The molecule has 0 bridgehead atoms. The van der Waals surface area contributed by atoms with E-state index in [2.05, 4.69) is 10.0 Å². The molecule has 0 fully saturated rings. The van der Waals surface area contributed by atoms with Gasteiger partial charge in [-0.15, -0.1) is 0 Å². The zero-order chi connectivity index (χ0) is 15.3. The predicted octanol–water partition coefficient (Wildman–Crippen LogP) is 2.39. The van der Waals surface area contributed by atoms with Crippen LogP contribution in [0.25, 0.3) is 0 Å². The van der Waals surface area contributed by atoms with Crippen LogP contribution in [-0.4, -0.2) is 22.0 Å². The third-order valence-corrected chi connectivity index (χ3v) is 4.52. The fourth-order valence-electron chi connectivity index (χ4n) is 1.87. The summed E-state index contributed by atoms with van der Waals surface area (Å²) >= 11 is 0. The summed E-state index contributed by atoms with van der Waals surface area (Å²) in [5, 5.41) is 3.20. The average molecular weight is 308 g/mol. The summed E-state index contributed by atoms with van der Waals surface area (Å²) in [6.07, 6.45) is 0.761. The Hall–Kier alpha value is -1.92. The van der Waals surface area contributed by atoms with Gasteiger partial charge in [0.05, 0.1) is 4.90 Å². The Bertz CT molecular complexity index is 683. The van der Waals surface area contributed by atoms with Gasteiger partial charge in [0, 0.05) is 12.2 Å². The molecule has 0 aromatic heterocycles. The first-order valence-corrected chi connectivity index (χ1v) is 8.01. The van der Waals surface area contributed by atoms with Gasteiger partial charge in [0.15, 0.2) is 0 Å². The lowest BCUT2D eigenvalue weighted by Crippen LogP contribution is -2.18. The van der Waals surface area contributed by atoms with Crippen LogP contribution in [-0.2, 0) is 16.4 Å². The molecular weight excluding hydrogens is 291 g/mol. The average Bonchev–Trinajstić information content (AvgIpc) is 2.50. The lowest BCUT2D eigenvalue weighted by molar-refractivity contribution is 0.588. The first kappa shape index (κ1) is 15.5. The maximum absolute atomic E-state index is 12.8. The monoisotopic (exact) mass is 308 g/mol. The number of halogens is 1. The topological polar surface area (TPSA) is 58.2 Å². The molecule has 0 heterocycles. The molecule has 0 saturated heterocycles. The van der Waals surface area contributed by atoms with Gasteiger partial charge in [0.25, 0.3) is 0 Å². The quantitative estimate of drug-likeness (QED) is 0.861. The Balaban J connectivity index is 1.91. The minimum Gasteiger partial charge on any atom is -0.385 e. The van der Waals surface area contributed by atoms with E-state index in [1.807, 2.05) is 0 Å².